The number of imidazole rings is 1. The van der Waals surface area contributed by atoms with Crippen molar-refractivity contribution in [2.45, 2.75) is 25.3 Å². The Hall–Kier alpha value is -1.70. The zero-order valence-electron chi connectivity index (χ0n) is 11.4. The van der Waals surface area contributed by atoms with E-state index in [1.807, 2.05) is 6.26 Å². The SMILES string of the molecule is CSCCCCNC(=O)N[C@@H](Cc1cnc[nH]1)C(=O)O. The molecule has 8 heteroatoms. The molecule has 4 N–H and O–H groups in total. The molecule has 1 atom stereocenters. The molecule has 0 fully saturated rings. The quantitative estimate of drug-likeness (QED) is 0.506. The lowest BCUT2D eigenvalue weighted by molar-refractivity contribution is -0.139. The van der Waals surface area contributed by atoms with Crippen LogP contribution in [0.1, 0.15) is 18.5 Å². The number of hydrogen-bond acceptors (Lipinski definition) is 4. The van der Waals surface area contributed by atoms with E-state index in [2.05, 4.69) is 20.6 Å². The van der Waals surface area contributed by atoms with Crippen molar-refractivity contribution in [3.63, 3.8) is 0 Å². The average molecular weight is 300 g/mol. The van der Waals surface area contributed by atoms with Gasteiger partial charge in [-0.2, -0.15) is 11.8 Å². The summed E-state index contributed by atoms with van der Waals surface area (Å²) >= 11 is 1.76. The van der Waals surface area contributed by atoms with Crippen LogP contribution < -0.4 is 10.6 Å². The van der Waals surface area contributed by atoms with Crippen LogP contribution in [0.15, 0.2) is 12.5 Å². The van der Waals surface area contributed by atoms with E-state index in [4.69, 9.17) is 5.11 Å². The van der Waals surface area contributed by atoms with Crippen molar-refractivity contribution in [2.24, 2.45) is 0 Å². The van der Waals surface area contributed by atoms with Crippen molar-refractivity contribution in [1.82, 2.24) is 20.6 Å². The number of aliphatic carboxylic acids is 1. The number of nitrogens with one attached hydrogen (secondary N) is 3. The number of aromatic amines is 1. The van der Waals surface area contributed by atoms with Crippen molar-refractivity contribution in [3.8, 4) is 0 Å². The second-order valence-electron chi connectivity index (χ2n) is 4.27. The minimum atomic E-state index is -1.07. The maximum atomic E-state index is 11.6. The van der Waals surface area contributed by atoms with E-state index < -0.39 is 18.0 Å². The normalized spacial score (nSPS) is 11.8. The van der Waals surface area contributed by atoms with Crippen molar-refractivity contribution >= 4 is 23.8 Å². The van der Waals surface area contributed by atoms with E-state index in [1.165, 1.54) is 12.5 Å². The van der Waals surface area contributed by atoms with Gasteiger partial charge in [0.1, 0.15) is 6.04 Å². The highest BCUT2D eigenvalue weighted by atomic mass is 32.2. The number of carboxylic acids is 1. The molecule has 20 heavy (non-hydrogen) atoms. The van der Waals surface area contributed by atoms with Crippen LogP contribution >= 0.6 is 11.8 Å². The second-order valence-corrected chi connectivity index (χ2v) is 5.26. The highest BCUT2D eigenvalue weighted by Crippen LogP contribution is 1.99. The predicted octanol–water partition coefficient (Wildman–Crippen LogP) is 0.848. The summed E-state index contributed by atoms with van der Waals surface area (Å²) in [5.41, 5.74) is 0.665. The van der Waals surface area contributed by atoms with Crippen LogP contribution in [0.4, 0.5) is 4.79 Å². The van der Waals surface area contributed by atoms with Gasteiger partial charge in [-0.3, -0.25) is 0 Å². The van der Waals surface area contributed by atoms with Crippen LogP contribution in [0.3, 0.4) is 0 Å². The molecule has 0 saturated carbocycles. The zero-order valence-corrected chi connectivity index (χ0v) is 12.2. The zero-order chi connectivity index (χ0) is 14.8. The molecule has 0 unspecified atom stereocenters. The van der Waals surface area contributed by atoms with Crippen molar-refractivity contribution in [1.29, 1.82) is 0 Å². The van der Waals surface area contributed by atoms with E-state index in [0.29, 0.717) is 12.2 Å². The Balaban J connectivity index is 2.30. The first-order valence-electron chi connectivity index (χ1n) is 6.37. The maximum Gasteiger partial charge on any atom is 0.326 e. The van der Waals surface area contributed by atoms with Gasteiger partial charge < -0.3 is 20.7 Å². The second kappa shape index (κ2) is 9.24. The summed E-state index contributed by atoms with van der Waals surface area (Å²) < 4.78 is 0. The molecular formula is C12H20N4O3S. The van der Waals surface area contributed by atoms with Gasteiger partial charge >= 0.3 is 12.0 Å². The van der Waals surface area contributed by atoms with Crippen molar-refractivity contribution < 1.29 is 14.7 Å². The number of thioether (sulfide) groups is 1. The standard InChI is InChI=1S/C12H20N4O3S/c1-20-5-3-2-4-14-12(19)16-10(11(17)18)6-9-7-13-8-15-9/h7-8,10H,2-6H2,1H3,(H,13,15)(H,17,18)(H2,14,16,19)/t10-/m0/s1. The topological polar surface area (TPSA) is 107 Å². The number of carboxylic acid groups (broad SMARTS) is 1. The summed E-state index contributed by atoms with van der Waals surface area (Å²) in [5, 5.41) is 14.2. The lowest BCUT2D eigenvalue weighted by atomic mass is 10.2. The number of rotatable bonds is 9. The Morgan fingerprint density at radius 2 is 2.30 bits per heavy atom. The van der Waals surface area contributed by atoms with Gasteiger partial charge in [0.05, 0.1) is 6.33 Å². The fourth-order valence-electron chi connectivity index (χ4n) is 1.60. The summed E-state index contributed by atoms with van der Waals surface area (Å²) in [4.78, 5) is 29.3. The minimum absolute atomic E-state index is 0.176. The van der Waals surface area contributed by atoms with Gasteiger partial charge in [0.25, 0.3) is 0 Å². The summed E-state index contributed by atoms with van der Waals surface area (Å²) in [6.45, 7) is 0.544. The smallest absolute Gasteiger partial charge is 0.326 e. The molecule has 0 spiro atoms. The number of carbonyl (C=O) groups excluding carboxylic acids is 1. The van der Waals surface area contributed by atoms with Crippen LogP contribution in [-0.4, -0.2) is 51.7 Å². The van der Waals surface area contributed by atoms with Gasteiger partial charge in [-0.25, -0.2) is 14.6 Å². The van der Waals surface area contributed by atoms with E-state index in [1.54, 1.807) is 11.8 Å². The third-order valence-electron chi connectivity index (χ3n) is 2.64. The number of H-pyrrole nitrogens is 1. The molecule has 0 aliphatic carbocycles. The van der Waals surface area contributed by atoms with Crippen molar-refractivity contribution in [3.05, 3.63) is 18.2 Å². The Bertz CT molecular complexity index is 411. The molecule has 2 amide bonds. The Labute approximate surface area is 121 Å². The number of amides is 2. The molecule has 0 aromatic carbocycles. The Morgan fingerprint density at radius 3 is 2.90 bits per heavy atom. The van der Waals surface area contributed by atoms with Crippen LogP contribution in [-0.2, 0) is 11.2 Å². The van der Waals surface area contributed by atoms with Crippen LogP contribution in [0.5, 0.6) is 0 Å². The summed E-state index contributed by atoms with van der Waals surface area (Å²) in [5.74, 6) is -0.0157. The predicted molar refractivity (Wildman–Crippen MR) is 77.9 cm³/mol. The van der Waals surface area contributed by atoms with E-state index in [9.17, 15) is 9.59 Å². The molecule has 0 radical (unpaired) electrons. The van der Waals surface area contributed by atoms with Gasteiger partial charge in [-0.15, -0.1) is 0 Å². The number of urea groups is 1. The number of unbranched alkanes of at least 4 members (excludes halogenated alkanes) is 1. The van der Waals surface area contributed by atoms with Crippen LogP contribution in [0, 0.1) is 0 Å². The fourth-order valence-corrected chi connectivity index (χ4v) is 2.09. The van der Waals surface area contributed by atoms with E-state index in [-0.39, 0.29) is 6.42 Å². The molecular weight excluding hydrogens is 280 g/mol. The number of carbonyl (C=O) groups is 2. The molecule has 1 aromatic heterocycles. The van der Waals surface area contributed by atoms with Crippen LogP contribution in [0.25, 0.3) is 0 Å². The molecule has 0 bridgehead atoms. The molecule has 0 saturated heterocycles. The molecule has 0 aliphatic rings. The molecule has 1 heterocycles. The van der Waals surface area contributed by atoms with Crippen LogP contribution in [0.2, 0.25) is 0 Å². The average Bonchev–Trinajstić information content (AvgIpc) is 2.90. The van der Waals surface area contributed by atoms with Gasteiger partial charge in [-0.1, -0.05) is 0 Å². The van der Waals surface area contributed by atoms with E-state index >= 15 is 0 Å². The van der Waals surface area contributed by atoms with E-state index in [0.717, 1.165) is 18.6 Å². The largest absolute Gasteiger partial charge is 0.480 e. The fraction of sp³-hybridized carbons (Fsp3) is 0.583. The third kappa shape index (κ3) is 6.46. The van der Waals surface area contributed by atoms with Gasteiger partial charge in [0.15, 0.2) is 0 Å². The lowest BCUT2D eigenvalue weighted by Gasteiger charge is -2.14. The monoisotopic (exact) mass is 300 g/mol. The molecule has 1 rings (SSSR count). The summed E-state index contributed by atoms with van der Waals surface area (Å²) in [7, 11) is 0. The molecule has 7 nitrogen and oxygen atoms in total. The number of nitrogens with zero attached hydrogens (tertiary/aromatic N) is 1. The molecule has 112 valence electrons. The molecule has 0 aliphatic heterocycles. The highest BCUT2D eigenvalue weighted by molar-refractivity contribution is 7.98. The first kappa shape index (κ1) is 16.4. The highest BCUT2D eigenvalue weighted by Gasteiger charge is 2.20. The van der Waals surface area contributed by atoms with Crippen molar-refractivity contribution in [2.75, 3.05) is 18.6 Å². The van der Waals surface area contributed by atoms with Gasteiger partial charge in [0, 0.05) is 24.9 Å². The van der Waals surface area contributed by atoms with Gasteiger partial charge in [0.2, 0.25) is 0 Å². The third-order valence-corrected chi connectivity index (χ3v) is 3.34. The summed E-state index contributed by atoms with van der Waals surface area (Å²) in [6, 6.07) is -1.43. The number of aromatic nitrogens is 2. The first-order valence-corrected chi connectivity index (χ1v) is 7.76. The van der Waals surface area contributed by atoms with Gasteiger partial charge in [-0.05, 0) is 24.9 Å². The lowest BCUT2D eigenvalue weighted by Crippen LogP contribution is -2.47. The Kier molecular flexibility index (Phi) is 7.56. The number of hydrogen-bond donors (Lipinski definition) is 4. The minimum Gasteiger partial charge on any atom is -0.480 e. The molecule has 1 aromatic rings. The maximum absolute atomic E-state index is 11.6. The first-order chi connectivity index (χ1) is 9.63. The summed E-state index contributed by atoms with van der Waals surface area (Å²) in [6.07, 6.45) is 7.13. The Morgan fingerprint density at radius 1 is 1.50 bits per heavy atom.